The maximum absolute atomic E-state index is 11.7. The first-order chi connectivity index (χ1) is 8.06. The normalized spacial score (nSPS) is 15.1. The van der Waals surface area contributed by atoms with Gasteiger partial charge in [0.25, 0.3) is 0 Å². The molecule has 0 radical (unpaired) electrons. The van der Waals surface area contributed by atoms with E-state index < -0.39 is 0 Å². The molecule has 0 aliphatic heterocycles. The number of nitrogens with one attached hydrogen (secondary N) is 1. The topological polar surface area (TPSA) is 55.1 Å². The van der Waals surface area contributed by atoms with Crippen molar-refractivity contribution >= 4 is 18.3 Å². The molecule has 3 atom stereocenters. The fraction of sp³-hybridized carbons (Fsp3) is 0.500. The first-order valence-electron chi connectivity index (χ1n) is 6.11. The highest BCUT2D eigenvalue weighted by atomic mass is 35.5. The Morgan fingerprint density at radius 2 is 1.78 bits per heavy atom. The van der Waals surface area contributed by atoms with Crippen LogP contribution in [0.1, 0.15) is 32.3 Å². The van der Waals surface area contributed by atoms with Gasteiger partial charge in [0, 0.05) is 24.4 Å². The molecule has 0 bridgehead atoms. The maximum atomic E-state index is 11.7. The highest BCUT2D eigenvalue weighted by Crippen LogP contribution is 2.18. The van der Waals surface area contributed by atoms with E-state index in [1.807, 2.05) is 32.0 Å². The van der Waals surface area contributed by atoms with E-state index in [0.717, 1.165) is 0 Å². The van der Waals surface area contributed by atoms with Gasteiger partial charge in [-0.2, -0.15) is 0 Å². The number of hydrogen-bond donors (Lipinski definition) is 2. The summed E-state index contributed by atoms with van der Waals surface area (Å²) in [5.41, 5.74) is 6.71. The van der Waals surface area contributed by atoms with Gasteiger partial charge in [0.2, 0.25) is 5.91 Å². The second-order valence-corrected chi connectivity index (χ2v) is 4.63. The van der Waals surface area contributed by atoms with Crippen LogP contribution in [0, 0.1) is 5.92 Å². The molecular weight excluding hydrogens is 248 g/mol. The summed E-state index contributed by atoms with van der Waals surface area (Å²) in [6.07, 6.45) is 0. The third kappa shape index (κ3) is 4.67. The zero-order valence-corrected chi connectivity index (χ0v) is 12.0. The van der Waals surface area contributed by atoms with Gasteiger partial charge in [-0.1, -0.05) is 44.2 Å². The van der Waals surface area contributed by atoms with Gasteiger partial charge in [-0.25, -0.2) is 0 Å². The number of benzene rings is 1. The van der Waals surface area contributed by atoms with Gasteiger partial charge in [-0.15, -0.1) is 12.4 Å². The number of amides is 1. The van der Waals surface area contributed by atoms with Crippen LogP contribution in [0.2, 0.25) is 0 Å². The number of rotatable bonds is 5. The molecule has 4 heteroatoms. The van der Waals surface area contributed by atoms with E-state index in [-0.39, 0.29) is 30.3 Å². The van der Waals surface area contributed by atoms with Gasteiger partial charge in [-0.05, 0) is 12.5 Å². The molecule has 0 fully saturated rings. The largest absolute Gasteiger partial charge is 0.353 e. The second kappa shape index (κ2) is 8.11. The lowest BCUT2D eigenvalue weighted by molar-refractivity contribution is -0.124. The summed E-state index contributed by atoms with van der Waals surface area (Å²) in [5, 5.41) is 3.01. The van der Waals surface area contributed by atoms with E-state index in [4.69, 9.17) is 5.73 Å². The zero-order chi connectivity index (χ0) is 12.8. The number of carbonyl (C=O) groups is 1. The van der Waals surface area contributed by atoms with Crippen LogP contribution in [0.15, 0.2) is 30.3 Å². The second-order valence-electron chi connectivity index (χ2n) is 4.63. The summed E-state index contributed by atoms with van der Waals surface area (Å²) >= 11 is 0. The molecule has 3 nitrogen and oxygen atoms in total. The summed E-state index contributed by atoms with van der Waals surface area (Å²) in [6.45, 7) is 6.37. The lowest BCUT2D eigenvalue weighted by Crippen LogP contribution is -2.41. The Morgan fingerprint density at radius 1 is 1.22 bits per heavy atom. The highest BCUT2D eigenvalue weighted by Gasteiger charge is 2.18. The molecule has 1 aromatic carbocycles. The van der Waals surface area contributed by atoms with Crippen LogP contribution in [-0.4, -0.2) is 18.5 Å². The lowest BCUT2D eigenvalue weighted by atomic mass is 9.94. The van der Waals surface area contributed by atoms with Crippen molar-refractivity contribution in [2.75, 3.05) is 6.54 Å². The van der Waals surface area contributed by atoms with Crippen molar-refractivity contribution in [2.24, 2.45) is 11.7 Å². The SMILES string of the molecule is CC(CN)C(=O)NC(C)C(C)c1ccccc1.Cl. The van der Waals surface area contributed by atoms with Gasteiger partial charge in [-0.3, -0.25) is 4.79 Å². The van der Waals surface area contributed by atoms with Gasteiger partial charge >= 0.3 is 0 Å². The molecule has 0 spiro atoms. The smallest absolute Gasteiger partial charge is 0.224 e. The number of halogens is 1. The van der Waals surface area contributed by atoms with Gasteiger partial charge in [0.1, 0.15) is 0 Å². The molecule has 0 aliphatic carbocycles. The Balaban J connectivity index is 0.00000289. The van der Waals surface area contributed by atoms with Crippen molar-refractivity contribution in [1.29, 1.82) is 0 Å². The maximum Gasteiger partial charge on any atom is 0.224 e. The molecule has 1 amide bonds. The van der Waals surface area contributed by atoms with Crippen LogP contribution in [0.5, 0.6) is 0 Å². The molecule has 0 aromatic heterocycles. The van der Waals surface area contributed by atoms with Crippen LogP contribution in [-0.2, 0) is 4.79 Å². The third-order valence-electron chi connectivity index (χ3n) is 3.25. The monoisotopic (exact) mass is 270 g/mol. The van der Waals surface area contributed by atoms with Crippen molar-refractivity contribution in [3.63, 3.8) is 0 Å². The molecule has 0 saturated carbocycles. The predicted octanol–water partition coefficient (Wildman–Crippen LogP) is 2.31. The Morgan fingerprint density at radius 3 is 2.28 bits per heavy atom. The minimum Gasteiger partial charge on any atom is -0.353 e. The average molecular weight is 271 g/mol. The van der Waals surface area contributed by atoms with Crippen LogP contribution < -0.4 is 11.1 Å². The molecule has 3 unspecified atom stereocenters. The Hall–Kier alpha value is -1.06. The van der Waals surface area contributed by atoms with Crippen LogP contribution in [0.4, 0.5) is 0 Å². The van der Waals surface area contributed by atoms with E-state index in [9.17, 15) is 4.79 Å². The first-order valence-corrected chi connectivity index (χ1v) is 6.11. The molecule has 18 heavy (non-hydrogen) atoms. The Bertz CT molecular complexity index is 356. The Labute approximate surface area is 116 Å². The van der Waals surface area contributed by atoms with E-state index in [2.05, 4.69) is 24.4 Å². The molecule has 1 rings (SSSR count). The predicted molar refractivity (Wildman–Crippen MR) is 77.9 cm³/mol. The van der Waals surface area contributed by atoms with Crippen molar-refractivity contribution in [3.05, 3.63) is 35.9 Å². The van der Waals surface area contributed by atoms with Crippen molar-refractivity contribution in [1.82, 2.24) is 5.32 Å². The van der Waals surface area contributed by atoms with Crippen molar-refractivity contribution in [2.45, 2.75) is 32.7 Å². The molecule has 102 valence electrons. The number of hydrogen-bond acceptors (Lipinski definition) is 2. The summed E-state index contributed by atoms with van der Waals surface area (Å²) in [6, 6.07) is 10.3. The molecule has 3 N–H and O–H groups in total. The zero-order valence-electron chi connectivity index (χ0n) is 11.2. The van der Waals surface area contributed by atoms with Crippen molar-refractivity contribution in [3.8, 4) is 0 Å². The fourth-order valence-corrected chi connectivity index (χ4v) is 1.64. The molecule has 0 heterocycles. The number of nitrogens with two attached hydrogens (primary N) is 1. The summed E-state index contributed by atoms with van der Waals surface area (Å²) in [4.78, 5) is 11.7. The fourth-order valence-electron chi connectivity index (χ4n) is 1.64. The van der Waals surface area contributed by atoms with E-state index >= 15 is 0 Å². The van der Waals surface area contributed by atoms with Gasteiger partial charge in [0.05, 0.1) is 0 Å². The van der Waals surface area contributed by atoms with Crippen LogP contribution >= 0.6 is 12.4 Å². The molecule has 1 aromatic rings. The van der Waals surface area contributed by atoms with Crippen molar-refractivity contribution < 1.29 is 4.79 Å². The molecular formula is C14H23ClN2O. The average Bonchev–Trinajstić information content (AvgIpc) is 2.37. The van der Waals surface area contributed by atoms with E-state index in [1.165, 1.54) is 5.56 Å². The standard InChI is InChI=1S/C14H22N2O.ClH/c1-10(9-15)14(17)16-12(3)11(2)13-7-5-4-6-8-13;/h4-8,10-12H,9,15H2,1-3H3,(H,16,17);1H. The van der Waals surface area contributed by atoms with E-state index in [1.54, 1.807) is 0 Å². The molecule has 0 aliphatic rings. The van der Waals surface area contributed by atoms with Gasteiger partial charge in [0.15, 0.2) is 0 Å². The highest BCUT2D eigenvalue weighted by molar-refractivity contribution is 5.85. The summed E-state index contributed by atoms with van der Waals surface area (Å²) in [5.74, 6) is 0.202. The quantitative estimate of drug-likeness (QED) is 0.863. The summed E-state index contributed by atoms with van der Waals surface area (Å²) < 4.78 is 0. The molecule has 0 saturated heterocycles. The minimum absolute atomic E-state index is 0. The number of carbonyl (C=O) groups excluding carboxylic acids is 1. The van der Waals surface area contributed by atoms with Gasteiger partial charge < -0.3 is 11.1 Å². The first kappa shape index (κ1) is 16.9. The van der Waals surface area contributed by atoms with Crippen LogP contribution in [0.25, 0.3) is 0 Å². The summed E-state index contributed by atoms with van der Waals surface area (Å²) in [7, 11) is 0. The lowest BCUT2D eigenvalue weighted by Gasteiger charge is -2.23. The minimum atomic E-state index is -0.125. The Kier molecular flexibility index (Phi) is 7.64. The van der Waals surface area contributed by atoms with E-state index in [0.29, 0.717) is 12.5 Å². The third-order valence-corrected chi connectivity index (χ3v) is 3.25. The van der Waals surface area contributed by atoms with Crippen LogP contribution in [0.3, 0.4) is 0 Å².